The van der Waals surface area contributed by atoms with Crippen molar-refractivity contribution in [2.75, 3.05) is 5.32 Å². The maximum absolute atomic E-state index is 4.65. The third-order valence-corrected chi connectivity index (χ3v) is 4.73. The van der Waals surface area contributed by atoms with Gasteiger partial charge in [0.25, 0.3) is 0 Å². The molecule has 7 heteroatoms. The van der Waals surface area contributed by atoms with Crippen molar-refractivity contribution in [3.8, 4) is 11.3 Å². The van der Waals surface area contributed by atoms with Crippen molar-refractivity contribution in [1.29, 1.82) is 0 Å². The van der Waals surface area contributed by atoms with Crippen LogP contribution in [0.3, 0.4) is 0 Å². The molecule has 0 radical (unpaired) electrons. The van der Waals surface area contributed by atoms with Gasteiger partial charge in [0.1, 0.15) is 4.60 Å². The molecule has 0 saturated carbocycles. The van der Waals surface area contributed by atoms with Crippen LogP contribution in [0.15, 0.2) is 53.8 Å². The molecule has 0 unspecified atom stereocenters. The standard InChI is InChI=1S/C19H17BrN6/c1-12-7-14(9-23-17(12)15-3-4-21-13(2)8-15)10-24-18-19-25-11-16(20)26(19)6-5-22-18/h3-9,11H,10H2,1-2H3,(H,22,24). The predicted octanol–water partition coefficient (Wildman–Crippen LogP) is 4.18. The van der Waals surface area contributed by atoms with Gasteiger partial charge in [0.15, 0.2) is 11.5 Å². The highest BCUT2D eigenvalue weighted by Crippen LogP contribution is 2.23. The molecule has 0 saturated heterocycles. The van der Waals surface area contributed by atoms with Crippen LogP contribution < -0.4 is 5.32 Å². The number of rotatable bonds is 4. The molecule has 130 valence electrons. The Labute approximate surface area is 159 Å². The molecule has 0 spiro atoms. The Bertz CT molecular complexity index is 1090. The zero-order valence-corrected chi connectivity index (χ0v) is 16.0. The van der Waals surface area contributed by atoms with E-state index < -0.39 is 0 Å². The number of pyridine rings is 2. The highest BCUT2D eigenvalue weighted by Gasteiger charge is 2.09. The second-order valence-corrected chi connectivity index (χ2v) is 6.91. The molecule has 6 nitrogen and oxygen atoms in total. The molecule has 0 aliphatic carbocycles. The number of fused-ring (bicyclic) bond motifs is 1. The number of aryl methyl sites for hydroxylation is 2. The van der Waals surface area contributed by atoms with E-state index in [-0.39, 0.29) is 0 Å². The van der Waals surface area contributed by atoms with Crippen LogP contribution in [-0.4, -0.2) is 24.3 Å². The fraction of sp³-hybridized carbons (Fsp3) is 0.158. The van der Waals surface area contributed by atoms with Crippen molar-refractivity contribution < 1.29 is 0 Å². The lowest BCUT2D eigenvalue weighted by Gasteiger charge is -2.10. The zero-order valence-electron chi connectivity index (χ0n) is 14.4. The summed E-state index contributed by atoms with van der Waals surface area (Å²) in [6, 6.07) is 6.18. The van der Waals surface area contributed by atoms with E-state index in [4.69, 9.17) is 0 Å². The minimum Gasteiger partial charge on any atom is -0.363 e. The summed E-state index contributed by atoms with van der Waals surface area (Å²) in [4.78, 5) is 17.7. The summed E-state index contributed by atoms with van der Waals surface area (Å²) in [7, 11) is 0. The van der Waals surface area contributed by atoms with E-state index >= 15 is 0 Å². The van der Waals surface area contributed by atoms with Crippen molar-refractivity contribution in [3.63, 3.8) is 0 Å². The molecule has 4 aromatic heterocycles. The Kier molecular flexibility index (Phi) is 4.38. The Morgan fingerprint density at radius 1 is 1.04 bits per heavy atom. The second-order valence-electron chi connectivity index (χ2n) is 6.10. The number of nitrogens with one attached hydrogen (secondary N) is 1. The van der Waals surface area contributed by atoms with Gasteiger partial charge >= 0.3 is 0 Å². The summed E-state index contributed by atoms with van der Waals surface area (Å²) in [5, 5.41) is 3.35. The first-order valence-corrected chi connectivity index (χ1v) is 9.01. The van der Waals surface area contributed by atoms with Gasteiger partial charge in [0.2, 0.25) is 0 Å². The Hall–Kier alpha value is -2.80. The molecule has 0 fully saturated rings. The maximum Gasteiger partial charge on any atom is 0.180 e. The second kappa shape index (κ2) is 6.84. The van der Waals surface area contributed by atoms with E-state index in [0.29, 0.717) is 6.54 Å². The minimum absolute atomic E-state index is 0.626. The number of aromatic nitrogens is 5. The van der Waals surface area contributed by atoms with Crippen LogP contribution in [-0.2, 0) is 6.54 Å². The third-order valence-electron chi connectivity index (χ3n) is 4.15. The van der Waals surface area contributed by atoms with Crippen LogP contribution in [0.4, 0.5) is 5.82 Å². The van der Waals surface area contributed by atoms with E-state index in [0.717, 1.165) is 44.1 Å². The number of imidazole rings is 1. The van der Waals surface area contributed by atoms with E-state index in [1.54, 1.807) is 12.4 Å². The average Bonchev–Trinajstić information content (AvgIpc) is 3.02. The number of hydrogen-bond donors (Lipinski definition) is 1. The average molecular weight is 409 g/mol. The molecule has 0 aliphatic heterocycles. The topological polar surface area (TPSA) is 68.0 Å². The first-order chi connectivity index (χ1) is 12.6. The molecule has 4 aromatic rings. The van der Waals surface area contributed by atoms with Gasteiger partial charge in [-0.05, 0) is 53.0 Å². The number of anilines is 1. The largest absolute Gasteiger partial charge is 0.363 e. The van der Waals surface area contributed by atoms with Gasteiger partial charge in [0, 0.05) is 42.6 Å². The molecule has 4 heterocycles. The van der Waals surface area contributed by atoms with E-state index in [1.165, 1.54) is 0 Å². The zero-order chi connectivity index (χ0) is 18.1. The fourth-order valence-corrected chi connectivity index (χ4v) is 3.31. The van der Waals surface area contributed by atoms with Gasteiger partial charge in [0.05, 0.1) is 11.9 Å². The van der Waals surface area contributed by atoms with Crippen LogP contribution in [0.2, 0.25) is 0 Å². The molecule has 0 atom stereocenters. The molecule has 0 bridgehead atoms. The summed E-state index contributed by atoms with van der Waals surface area (Å²) < 4.78 is 2.83. The van der Waals surface area contributed by atoms with Crippen molar-refractivity contribution >= 4 is 27.4 Å². The quantitative estimate of drug-likeness (QED) is 0.548. The summed E-state index contributed by atoms with van der Waals surface area (Å²) in [6.07, 6.45) is 9.09. The highest BCUT2D eigenvalue weighted by molar-refractivity contribution is 9.10. The normalized spacial score (nSPS) is 11.0. The Morgan fingerprint density at radius 2 is 1.92 bits per heavy atom. The van der Waals surface area contributed by atoms with Gasteiger partial charge in [-0.25, -0.2) is 9.97 Å². The number of nitrogens with zero attached hydrogens (tertiary/aromatic N) is 5. The van der Waals surface area contributed by atoms with E-state index in [9.17, 15) is 0 Å². The lowest BCUT2D eigenvalue weighted by Crippen LogP contribution is -2.05. The highest BCUT2D eigenvalue weighted by atomic mass is 79.9. The Balaban J connectivity index is 1.56. The molecular formula is C19H17BrN6. The monoisotopic (exact) mass is 408 g/mol. The SMILES string of the molecule is Cc1cc(-c2ncc(CNc3nccn4c(Br)cnc34)cc2C)ccn1. The van der Waals surface area contributed by atoms with Crippen LogP contribution in [0, 0.1) is 13.8 Å². The van der Waals surface area contributed by atoms with Crippen LogP contribution in [0.5, 0.6) is 0 Å². The third kappa shape index (κ3) is 3.17. The molecule has 26 heavy (non-hydrogen) atoms. The summed E-state index contributed by atoms with van der Waals surface area (Å²) in [5.41, 5.74) is 6.06. The van der Waals surface area contributed by atoms with Crippen LogP contribution in [0.25, 0.3) is 16.9 Å². The van der Waals surface area contributed by atoms with Gasteiger partial charge in [-0.15, -0.1) is 0 Å². The summed E-state index contributed by atoms with van der Waals surface area (Å²) in [5.74, 6) is 0.740. The maximum atomic E-state index is 4.65. The van der Waals surface area contributed by atoms with Crippen LogP contribution >= 0.6 is 15.9 Å². The molecule has 0 aliphatic rings. The molecule has 1 N–H and O–H groups in total. The van der Waals surface area contributed by atoms with Gasteiger partial charge < -0.3 is 5.32 Å². The number of halogens is 1. The van der Waals surface area contributed by atoms with Crippen molar-refractivity contribution in [1.82, 2.24) is 24.3 Å². The molecule has 0 amide bonds. The molecule has 0 aromatic carbocycles. The minimum atomic E-state index is 0.626. The fourth-order valence-electron chi connectivity index (χ4n) is 2.92. The van der Waals surface area contributed by atoms with E-state index in [1.807, 2.05) is 42.0 Å². The summed E-state index contributed by atoms with van der Waals surface area (Å²) in [6.45, 7) is 4.69. The first kappa shape index (κ1) is 16.7. The molecule has 4 rings (SSSR count). The molecular weight excluding hydrogens is 392 g/mol. The van der Waals surface area contributed by atoms with Crippen molar-refractivity contribution in [2.24, 2.45) is 0 Å². The lowest BCUT2D eigenvalue weighted by molar-refractivity contribution is 1.05. The summed E-state index contributed by atoms with van der Waals surface area (Å²) >= 11 is 3.47. The van der Waals surface area contributed by atoms with Crippen LogP contribution in [0.1, 0.15) is 16.8 Å². The van der Waals surface area contributed by atoms with Crippen molar-refractivity contribution in [3.05, 3.63) is 70.6 Å². The van der Waals surface area contributed by atoms with Crippen molar-refractivity contribution in [2.45, 2.75) is 20.4 Å². The van der Waals surface area contributed by atoms with Gasteiger partial charge in [-0.1, -0.05) is 6.07 Å². The number of hydrogen-bond acceptors (Lipinski definition) is 5. The lowest BCUT2D eigenvalue weighted by atomic mass is 10.1. The smallest absolute Gasteiger partial charge is 0.180 e. The van der Waals surface area contributed by atoms with E-state index in [2.05, 4.69) is 54.2 Å². The van der Waals surface area contributed by atoms with Gasteiger partial charge in [-0.2, -0.15) is 0 Å². The first-order valence-electron chi connectivity index (χ1n) is 8.22. The Morgan fingerprint density at radius 3 is 2.73 bits per heavy atom. The van der Waals surface area contributed by atoms with Gasteiger partial charge in [-0.3, -0.25) is 14.4 Å². The predicted molar refractivity (Wildman–Crippen MR) is 105 cm³/mol.